The van der Waals surface area contributed by atoms with Crippen molar-refractivity contribution < 1.29 is 23.9 Å². The average molecular weight is 411 g/mol. The Bertz CT molecular complexity index is 730. The molecule has 0 N–H and O–H groups in total. The molecule has 2 aliphatic rings. The van der Waals surface area contributed by atoms with Gasteiger partial charge in [0.05, 0.1) is 20.8 Å². The van der Waals surface area contributed by atoms with E-state index >= 15 is 0 Å². The van der Waals surface area contributed by atoms with Crippen LogP contribution in [0, 0.1) is 0 Å². The van der Waals surface area contributed by atoms with Gasteiger partial charge in [0.25, 0.3) is 0 Å². The number of methoxy groups -OCH3 is 2. The molecule has 4 amide bonds. The molecule has 25 heavy (non-hydrogen) atoms. The second-order valence-electron chi connectivity index (χ2n) is 6.09. The van der Waals surface area contributed by atoms with E-state index in [1.54, 1.807) is 12.1 Å². The molecule has 0 radical (unpaired) electrons. The fourth-order valence-corrected chi connectivity index (χ4v) is 3.78. The Hall–Kier alpha value is -2.09. The summed E-state index contributed by atoms with van der Waals surface area (Å²) < 4.78 is 11.1. The normalized spacial score (nSPS) is 18.4. The Morgan fingerprint density at radius 3 is 2.24 bits per heavy atom. The topological polar surface area (TPSA) is 76.2 Å². The maximum atomic E-state index is 12.6. The SMILES string of the molecule is COc1cc(Br)c(CN2C(=O)C(=O)N(C3CCCC3)C2=O)cc1OC. The smallest absolute Gasteiger partial charge is 0.334 e. The molecule has 2 fully saturated rings. The predicted octanol–water partition coefficient (Wildman–Crippen LogP) is 2.70. The van der Waals surface area contributed by atoms with Crippen molar-refractivity contribution in [3.63, 3.8) is 0 Å². The van der Waals surface area contributed by atoms with Gasteiger partial charge in [-0.05, 0) is 30.5 Å². The van der Waals surface area contributed by atoms with E-state index in [2.05, 4.69) is 15.9 Å². The summed E-state index contributed by atoms with van der Waals surface area (Å²) in [6.45, 7) is -0.00638. The van der Waals surface area contributed by atoms with Crippen LogP contribution >= 0.6 is 15.9 Å². The minimum absolute atomic E-state index is 0.00638. The number of ether oxygens (including phenoxy) is 2. The van der Waals surface area contributed by atoms with Crippen LogP contribution < -0.4 is 9.47 Å². The molecule has 1 aliphatic carbocycles. The zero-order valence-electron chi connectivity index (χ0n) is 14.1. The van der Waals surface area contributed by atoms with Crippen LogP contribution in [0.4, 0.5) is 4.79 Å². The summed E-state index contributed by atoms with van der Waals surface area (Å²) in [5.74, 6) is -0.494. The largest absolute Gasteiger partial charge is 0.493 e. The predicted molar refractivity (Wildman–Crippen MR) is 92.3 cm³/mol. The average Bonchev–Trinajstić information content (AvgIpc) is 3.19. The van der Waals surface area contributed by atoms with Gasteiger partial charge in [-0.2, -0.15) is 0 Å². The van der Waals surface area contributed by atoms with E-state index < -0.39 is 17.8 Å². The van der Waals surface area contributed by atoms with Gasteiger partial charge < -0.3 is 9.47 Å². The Labute approximate surface area is 154 Å². The van der Waals surface area contributed by atoms with Crippen molar-refractivity contribution in [1.82, 2.24) is 9.80 Å². The molecule has 1 aromatic carbocycles. The first-order valence-electron chi connectivity index (χ1n) is 8.07. The fraction of sp³-hybridized carbons (Fsp3) is 0.471. The number of halogens is 1. The summed E-state index contributed by atoms with van der Waals surface area (Å²) in [7, 11) is 3.03. The number of benzene rings is 1. The molecular weight excluding hydrogens is 392 g/mol. The summed E-state index contributed by atoms with van der Waals surface area (Å²) in [6, 6.07) is 2.69. The first-order chi connectivity index (χ1) is 12.0. The number of rotatable bonds is 5. The van der Waals surface area contributed by atoms with Crippen molar-refractivity contribution in [1.29, 1.82) is 0 Å². The van der Waals surface area contributed by atoms with Crippen molar-refractivity contribution in [2.75, 3.05) is 14.2 Å². The molecule has 134 valence electrons. The third-order valence-corrected chi connectivity index (χ3v) is 5.39. The quantitative estimate of drug-likeness (QED) is 0.550. The van der Waals surface area contributed by atoms with Crippen LogP contribution in [0.15, 0.2) is 16.6 Å². The molecular formula is C17H19BrN2O5. The Balaban J connectivity index is 1.86. The monoisotopic (exact) mass is 410 g/mol. The third kappa shape index (κ3) is 3.10. The van der Waals surface area contributed by atoms with Crippen LogP contribution in [0.5, 0.6) is 11.5 Å². The van der Waals surface area contributed by atoms with Crippen LogP contribution in [0.2, 0.25) is 0 Å². The number of urea groups is 1. The summed E-state index contributed by atoms with van der Waals surface area (Å²) in [5.41, 5.74) is 0.653. The summed E-state index contributed by atoms with van der Waals surface area (Å²) in [6.07, 6.45) is 3.46. The zero-order valence-corrected chi connectivity index (χ0v) is 15.7. The first kappa shape index (κ1) is 17.7. The zero-order chi connectivity index (χ0) is 18.1. The Kier molecular flexibility index (Phi) is 4.99. The van der Waals surface area contributed by atoms with Crippen LogP contribution in [0.3, 0.4) is 0 Å². The molecule has 0 unspecified atom stereocenters. The van der Waals surface area contributed by atoms with Crippen molar-refractivity contribution in [2.45, 2.75) is 38.3 Å². The number of nitrogens with zero attached hydrogens (tertiary/aromatic N) is 2. The fourth-order valence-electron chi connectivity index (χ4n) is 3.33. The number of carbonyl (C=O) groups is 3. The highest BCUT2D eigenvalue weighted by Crippen LogP contribution is 2.35. The molecule has 1 heterocycles. The lowest BCUT2D eigenvalue weighted by molar-refractivity contribution is -0.144. The Morgan fingerprint density at radius 1 is 1.04 bits per heavy atom. The maximum Gasteiger partial charge on any atom is 0.334 e. The maximum absolute atomic E-state index is 12.6. The van der Waals surface area contributed by atoms with E-state index in [1.165, 1.54) is 14.2 Å². The van der Waals surface area contributed by atoms with Gasteiger partial charge in [-0.15, -0.1) is 0 Å². The van der Waals surface area contributed by atoms with E-state index in [0.717, 1.165) is 35.5 Å². The van der Waals surface area contributed by atoms with E-state index in [-0.39, 0.29) is 12.6 Å². The highest BCUT2D eigenvalue weighted by Gasteiger charge is 2.48. The molecule has 8 heteroatoms. The molecule has 1 aliphatic heterocycles. The van der Waals surface area contributed by atoms with Crippen molar-refractivity contribution in [3.8, 4) is 11.5 Å². The highest BCUT2D eigenvalue weighted by atomic mass is 79.9. The number of hydrogen-bond donors (Lipinski definition) is 0. The number of amides is 4. The summed E-state index contributed by atoms with van der Waals surface area (Å²) in [5, 5.41) is 0. The van der Waals surface area contributed by atoms with E-state index in [1.807, 2.05) is 0 Å². The first-order valence-corrected chi connectivity index (χ1v) is 8.86. The van der Waals surface area contributed by atoms with Gasteiger partial charge in [0.2, 0.25) is 0 Å². The molecule has 1 saturated heterocycles. The van der Waals surface area contributed by atoms with Crippen molar-refractivity contribution >= 4 is 33.8 Å². The van der Waals surface area contributed by atoms with E-state index in [9.17, 15) is 14.4 Å². The minimum atomic E-state index is -0.779. The van der Waals surface area contributed by atoms with Crippen molar-refractivity contribution in [3.05, 3.63) is 22.2 Å². The molecule has 0 aromatic heterocycles. The van der Waals surface area contributed by atoms with Crippen molar-refractivity contribution in [2.24, 2.45) is 0 Å². The van der Waals surface area contributed by atoms with Gasteiger partial charge in [-0.1, -0.05) is 28.8 Å². The van der Waals surface area contributed by atoms with Gasteiger partial charge in [0.1, 0.15) is 0 Å². The van der Waals surface area contributed by atoms with Gasteiger partial charge in [0, 0.05) is 10.5 Å². The second-order valence-corrected chi connectivity index (χ2v) is 6.94. The van der Waals surface area contributed by atoms with Crippen LogP contribution in [0.1, 0.15) is 31.2 Å². The number of carbonyl (C=O) groups excluding carboxylic acids is 3. The standard InChI is InChI=1S/C17H19BrN2O5/c1-24-13-7-10(12(18)8-14(13)25-2)9-19-15(21)16(22)20(17(19)23)11-5-3-4-6-11/h7-8,11H,3-6,9H2,1-2H3. The van der Waals surface area contributed by atoms with Gasteiger partial charge >= 0.3 is 17.8 Å². The summed E-state index contributed by atoms with van der Waals surface area (Å²) in [4.78, 5) is 39.4. The highest BCUT2D eigenvalue weighted by molar-refractivity contribution is 9.10. The van der Waals surface area contributed by atoms with Crippen LogP contribution in [-0.2, 0) is 16.1 Å². The van der Waals surface area contributed by atoms with Crippen LogP contribution in [0.25, 0.3) is 0 Å². The van der Waals surface area contributed by atoms with Crippen LogP contribution in [-0.4, -0.2) is 47.9 Å². The second kappa shape index (κ2) is 7.03. The Morgan fingerprint density at radius 2 is 1.64 bits per heavy atom. The van der Waals surface area contributed by atoms with Gasteiger partial charge in [-0.3, -0.25) is 19.4 Å². The lowest BCUT2D eigenvalue weighted by Gasteiger charge is -2.21. The lowest BCUT2D eigenvalue weighted by Crippen LogP contribution is -2.39. The van der Waals surface area contributed by atoms with E-state index in [4.69, 9.17) is 9.47 Å². The number of imide groups is 2. The third-order valence-electron chi connectivity index (χ3n) is 4.65. The van der Waals surface area contributed by atoms with E-state index in [0.29, 0.717) is 21.5 Å². The molecule has 0 bridgehead atoms. The molecule has 0 atom stereocenters. The van der Waals surface area contributed by atoms with Gasteiger partial charge in [-0.25, -0.2) is 4.79 Å². The lowest BCUT2D eigenvalue weighted by atomic mass is 10.2. The summed E-state index contributed by atoms with van der Waals surface area (Å²) >= 11 is 3.41. The molecule has 0 spiro atoms. The molecule has 1 saturated carbocycles. The number of hydrogen-bond acceptors (Lipinski definition) is 5. The molecule has 1 aromatic rings. The minimum Gasteiger partial charge on any atom is -0.493 e. The molecule has 3 rings (SSSR count). The van der Waals surface area contributed by atoms with Gasteiger partial charge in [0.15, 0.2) is 11.5 Å². The molecule has 7 nitrogen and oxygen atoms in total.